The SMILES string of the molecule is Cc1cc(C)nc(NS(=O)(=O)c2ccc(NC(=S)Nc3ccc(F)c(Cl)c3)cc2)n1. The Labute approximate surface area is 183 Å². The fourth-order valence-corrected chi connectivity index (χ4v) is 3.90. The van der Waals surface area contributed by atoms with Gasteiger partial charge in [0.15, 0.2) is 5.11 Å². The molecule has 0 saturated carbocycles. The molecule has 3 aromatic rings. The van der Waals surface area contributed by atoms with E-state index in [0.29, 0.717) is 22.8 Å². The Kier molecular flexibility index (Phi) is 6.49. The van der Waals surface area contributed by atoms with E-state index < -0.39 is 15.8 Å². The van der Waals surface area contributed by atoms with Crippen molar-refractivity contribution in [1.29, 1.82) is 0 Å². The topological polar surface area (TPSA) is 96.0 Å². The lowest BCUT2D eigenvalue weighted by molar-refractivity contribution is 0.600. The van der Waals surface area contributed by atoms with E-state index in [-0.39, 0.29) is 21.0 Å². The monoisotopic (exact) mass is 465 g/mol. The normalized spacial score (nSPS) is 11.1. The molecule has 0 radical (unpaired) electrons. The number of hydrogen-bond acceptors (Lipinski definition) is 5. The zero-order valence-corrected chi connectivity index (χ0v) is 18.3. The van der Waals surface area contributed by atoms with Gasteiger partial charge in [-0.3, -0.25) is 0 Å². The molecule has 1 aromatic heterocycles. The maximum absolute atomic E-state index is 13.2. The second-order valence-corrected chi connectivity index (χ2v) is 8.81. The van der Waals surface area contributed by atoms with E-state index in [1.165, 1.54) is 30.3 Å². The fourth-order valence-electron chi connectivity index (χ4n) is 2.54. The van der Waals surface area contributed by atoms with Crippen molar-refractivity contribution < 1.29 is 12.8 Å². The lowest BCUT2D eigenvalue weighted by Gasteiger charge is -2.12. The summed E-state index contributed by atoms with van der Waals surface area (Å²) in [5, 5.41) is 5.98. The van der Waals surface area contributed by atoms with E-state index in [9.17, 15) is 12.8 Å². The van der Waals surface area contributed by atoms with Crippen LogP contribution in [0.5, 0.6) is 0 Å². The maximum Gasteiger partial charge on any atom is 0.264 e. The molecule has 0 fully saturated rings. The van der Waals surface area contributed by atoms with Crippen LogP contribution in [0.15, 0.2) is 53.4 Å². The summed E-state index contributed by atoms with van der Waals surface area (Å²) in [4.78, 5) is 8.20. The van der Waals surface area contributed by atoms with Crippen LogP contribution in [0, 0.1) is 19.7 Å². The second kappa shape index (κ2) is 8.90. The molecule has 3 N–H and O–H groups in total. The Morgan fingerprint density at radius 2 is 1.53 bits per heavy atom. The Balaban J connectivity index is 1.67. The third-order valence-electron chi connectivity index (χ3n) is 3.81. The van der Waals surface area contributed by atoms with Crippen molar-refractivity contribution in [2.75, 3.05) is 15.4 Å². The number of aromatic nitrogens is 2. The smallest absolute Gasteiger partial charge is 0.264 e. The molecule has 30 heavy (non-hydrogen) atoms. The molecule has 3 rings (SSSR count). The first-order chi connectivity index (χ1) is 14.1. The Morgan fingerprint density at radius 1 is 0.967 bits per heavy atom. The van der Waals surface area contributed by atoms with Gasteiger partial charge in [-0.2, -0.15) is 0 Å². The number of benzene rings is 2. The van der Waals surface area contributed by atoms with E-state index in [2.05, 4.69) is 25.3 Å². The summed E-state index contributed by atoms with van der Waals surface area (Å²) in [7, 11) is -3.85. The highest BCUT2D eigenvalue weighted by Gasteiger charge is 2.16. The molecule has 1 heterocycles. The van der Waals surface area contributed by atoms with Crippen molar-refractivity contribution in [1.82, 2.24) is 9.97 Å². The van der Waals surface area contributed by atoms with E-state index in [1.54, 1.807) is 32.0 Å². The van der Waals surface area contributed by atoms with Gasteiger partial charge in [0.1, 0.15) is 5.82 Å². The Hall–Kier alpha value is -2.82. The predicted octanol–water partition coefficient (Wildman–Crippen LogP) is 4.50. The summed E-state index contributed by atoms with van der Waals surface area (Å²) < 4.78 is 40.7. The molecule has 0 aliphatic rings. The molecular weight excluding hydrogens is 449 g/mol. The molecule has 0 unspecified atom stereocenters. The van der Waals surface area contributed by atoms with Crippen LogP contribution in [0.2, 0.25) is 5.02 Å². The van der Waals surface area contributed by atoms with Crippen LogP contribution in [-0.4, -0.2) is 23.5 Å². The third-order valence-corrected chi connectivity index (χ3v) is 5.65. The number of hydrogen-bond donors (Lipinski definition) is 3. The van der Waals surface area contributed by atoms with Gasteiger partial charge in [-0.1, -0.05) is 11.6 Å². The average Bonchev–Trinajstić information content (AvgIpc) is 2.64. The van der Waals surface area contributed by atoms with Gasteiger partial charge in [-0.05, 0) is 74.6 Å². The first-order valence-electron chi connectivity index (χ1n) is 8.60. The molecule has 156 valence electrons. The van der Waals surface area contributed by atoms with Gasteiger partial charge >= 0.3 is 0 Å². The molecule has 11 heteroatoms. The zero-order chi connectivity index (χ0) is 21.9. The number of anilines is 3. The molecule has 0 bridgehead atoms. The van der Waals surface area contributed by atoms with Crippen LogP contribution in [0.3, 0.4) is 0 Å². The molecule has 7 nitrogen and oxygen atoms in total. The highest BCUT2D eigenvalue weighted by molar-refractivity contribution is 7.92. The van der Waals surface area contributed by atoms with E-state index in [4.69, 9.17) is 23.8 Å². The minimum absolute atomic E-state index is 0.0121. The number of aryl methyl sites for hydroxylation is 2. The Bertz CT molecular complexity index is 1180. The zero-order valence-electron chi connectivity index (χ0n) is 15.9. The van der Waals surface area contributed by atoms with Crippen molar-refractivity contribution in [2.45, 2.75) is 18.7 Å². The van der Waals surface area contributed by atoms with Gasteiger partial charge in [-0.25, -0.2) is 27.5 Å². The molecule has 0 saturated heterocycles. The van der Waals surface area contributed by atoms with E-state index in [0.717, 1.165) is 0 Å². The molecule has 0 amide bonds. The van der Waals surface area contributed by atoms with E-state index >= 15 is 0 Å². The summed E-state index contributed by atoms with van der Waals surface area (Å²) in [6.07, 6.45) is 0. The van der Waals surface area contributed by atoms with Gasteiger partial charge in [0.25, 0.3) is 10.0 Å². The fraction of sp³-hybridized carbons (Fsp3) is 0.105. The standard InChI is InChI=1S/C19H17ClFN5O2S2/c1-11-9-12(2)23-18(22-11)26-30(27,28)15-6-3-13(4-7-15)24-19(29)25-14-5-8-17(21)16(20)10-14/h3-10H,1-2H3,(H,22,23,26)(H2,24,25,29). The van der Waals surface area contributed by atoms with Crippen LogP contribution in [0.1, 0.15) is 11.4 Å². The highest BCUT2D eigenvalue weighted by Crippen LogP contribution is 2.20. The maximum atomic E-state index is 13.2. The number of thiocarbonyl (C=S) groups is 1. The lowest BCUT2D eigenvalue weighted by atomic mass is 10.3. The van der Waals surface area contributed by atoms with E-state index in [1.807, 2.05) is 0 Å². The summed E-state index contributed by atoms with van der Waals surface area (Å²) in [5.41, 5.74) is 2.38. The first-order valence-corrected chi connectivity index (χ1v) is 10.9. The van der Waals surface area contributed by atoms with Crippen LogP contribution in [-0.2, 0) is 10.0 Å². The van der Waals surface area contributed by atoms with Crippen molar-refractivity contribution in [2.24, 2.45) is 0 Å². The summed E-state index contributed by atoms with van der Waals surface area (Å²) in [6.45, 7) is 3.51. The highest BCUT2D eigenvalue weighted by atomic mass is 35.5. The second-order valence-electron chi connectivity index (χ2n) is 6.31. The summed E-state index contributed by atoms with van der Waals surface area (Å²) in [5.74, 6) is -0.518. The quantitative estimate of drug-likeness (QED) is 0.477. The number of nitrogens with zero attached hydrogens (tertiary/aromatic N) is 2. The van der Waals surface area contributed by atoms with Gasteiger partial charge in [0.2, 0.25) is 5.95 Å². The number of nitrogens with one attached hydrogen (secondary N) is 3. The predicted molar refractivity (Wildman–Crippen MR) is 120 cm³/mol. The molecule has 0 spiro atoms. The van der Waals surface area contributed by atoms with Crippen LogP contribution < -0.4 is 15.4 Å². The Morgan fingerprint density at radius 3 is 2.13 bits per heavy atom. The van der Waals surface area contributed by atoms with Crippen LogP contribution in [0.4, 0.5) is 21.7 Å². The van der Waals surface area contributed by atoms with Gasteiger partial charge in [0, 0.05) is 22.8 Å². The van der Waals surface area contributed by atoms with Gasteiger partial charge in [0.05, 0.1) is 9.92 Å². The first kappa shape index (κ1) is 21.9. The number of halogens is 2. The van der Waals surface area contributed by atoms with Crippen molar-refractivity contribution in [3.05, 3.63) is 70.8 Å². The number of sulfonamides is 1. The summed E-state index contributed by atoms with van der Waals surface area (Å²) >= 11 is 10.9. The van der Waals surface area contributed by atoms with Crippen molar-refractivity contribution >= 4 is 56.3 Å². The van der Waals surface area contributed by atoms with Crippen LogP contribution in [0.25, 0.3) is 0 Å². The minimum Gasteiger partial charge on any atom is -0.332 e. The third kappa shape index (κ3) is 5.62. The molecular formula is C19H17ClFN5O2S2. The average molecular weight is 466 g/mol. The van der Waals surface area contributed by atoms with Crippen LogP contribution >= 0.6 is 23.8 Å². The largest absolute Gasteiger partial charge is 0.332 e. The minimum atomic E-state index is -3.85. The molecule has 0 aliphatic carbocycles. The number of rotatable bonds is 5. The molecule has 0 aliphatic heterocycles. The van der Waals surface area contributed by atoms with Crippen molar-refractivity contribution in [3.63, 3.8) is 0 Å². The molecule has 2 aromatic carbocycles. The van der Waals surface area contributed by atoms with Gasteiger partial charge in [-0.15, -0.1) is 0 Å². The lowest BCUT2D eigenvalue weighted by Crippen LogP contribution is -2.19. The summed E-state index contributed by atoms with van der Waals surface area (Å²) in [6, 6.07) is 11.8. The molecule has 0 atom stereocenters. The van der Waals surface area contributed by atoms with Crippen molar-refractivity contribution in [3.8, 4) is 0 Å². The van der Waals surface area contributed by atoms with Gasteiger partial charge < -0.3 is 10.6 Å².